The second kappa shape index (κ2) is 16.7. The second-order valence-electron chi connectivity index (χ2n) is 10.4. The third-order valence-electron chi connectivity index (χ3n) is 6.99. The number of hydrogen-bond acceptors (Lipinski definition) is 8. The van der Waals surface area contributed by atoms with E-state index in [1.165, 1.54) is 11.6 Å². The number of allylic oxidation sites excluding steroid dienone is 2. The summed E-state index contributed by atoms with van der Waals surface area (Å²) in [7, 11) is 3.41. The van der Waals surface area contributed by atoms with E-state index in [-0.39, 0.29) is 29.8 Å². The van der Waals surface area contributed by atoms with E-state index in [1.54, 1.807) is 45.5 Å². The molecule has 0 bridgehead atoms. The maximum atomic E-state index is 12.6. The van der Waals surface area contributed by atoms with E-state index in [9.17, 15) is 14.7 Å². The average molecular weight is 591 g/mol. The molecule has 3 rings (SSSR count). The van der Waals surface area contributed by atoms with Crippen molar-refractivity contribution in [2.45, 2.75) is 54.5 Å². The number of carbonyl (C=O) groups is 1. The van der Waals surface area contributed by atoms with Crippen LogP contribution in [0.2, 0.25) is 0 Å². The molecular weight excluding hydrogens is 544 g/mol. The van der Waals surface area contributed by atoms with Gasteiger partial charge in [-0.1, -0.05) is 19.1 Å². The lowest BCUT2D eigenvalue weighted by Gasteiger charge is -2.27. The van der Waals surface area contributed by atoms with Crippen molar-refractivity contribution in [3.8, 4) is 5.88 Å². The van der Waals surface area contributed by atoms with Crippen molar-refractivity contribution in [2.24, 2.45) is 11.8 Å². The molecule has 0 saturated heterocycles. The summed E-state index contributed by atoms with van der Waals surface area (Å²) in [6.45, 7) is 16.3. The maximum Gasteiger partial charge on any atom is 0.251 e. The summed E-state index contributed by atoms with van der Waals surface area (Å²) in [6.07, 6.45) is 4.39. The summed E-state index contributed by atoms with van der Waals surface area (Å²) in [5.41, 5.74) is 5.68. The van der Waals surface area contributed by atoms with Gasteiger partial charge < -0.3 is 30.8 Å². The van der Waals surface area contributed by atoms with Crippen molar-refractivity contribution in [1.82, 2.24) is 20.3 Å². The molecule has 0 aliphatic rings. The van der Waals surface area contributed by atoms with Crippen LogP contribution in [0.1, 0.15) is 60.2 Å². The number of aromatic nitrogens is 3. The second-order valence-corrected chi connectivity index (χ2v) is 10.4. The third-order valence-corrected chi connectivity index (χ3v) is 6.99. The highest BCUT2D eigenvalue weighted by Crippen LogP contribution is 2.30. The number of hydrogen-bond donors (Lipinski definition) is 5. The SMILES string of the molecule is C=C(C)C(CC)C(CNc1ccc(C(=O)NCc2nc(C)cc(=O)[nH]2)cc1NC)/C(O)=C\C.COc1ncc(C)cc1C. The lowest BCUT2D eigenvalue weighted by Crippen LogP contribution is -2.26. The van der Waals surface area contributed by atoms with Gasteiger partial charge in [-0.25, -0.2) is 9.97 Å². The van der Waals surface area contributed by atoms with Crippen LogP contribution in [0.25, 0.3) is 0 Å². The Morgan fingerprint density at radius 3 is 2.44 bits per heavy atom. The van der Waals surface area contributed by atoms with E-state index in [0.29, 0.717) is 35.3 Å². The van der Waals surface area contributed by atoms with E-state index < -0.39 is 0 Å². The number of methoxy groups -OCH3 is 1. The molecule has 1 aromatic carbocycles. The Morgan fingerprint density at radius 2 is 1.88 bits per heavy atom. The van der Waals surface area contributed by atoms with E-state index in [1.807, 2.05) is 39.8 Å². The van der Waals surface area contributed by atoms with Crippen LogP contribution >= 0.6 is 0 Å². The Kier molecular flexibility index (Phi) is 13.5. The van der Waals surface area contributed by atoms with Crippen molar-refractivity contribution < 1.29 is 14.6 Å². The molecular formula is C33H46N6O4. The van der Waals surface area contributed by atoms with Gasteiger partial charge in [0.1, 0.15) is 5.82 Å². The number of aliphatic hydroxyl groups is 1. The summed E-state index contributed by atoms with van der Waals surface area (Å²) >= 11 is 0. The number of aromatic amines is 1. The van der Waals surface area contributed by atoms with Crippen LogP contribution in [0.3, 0.4) is 0 Å². The zero-order valence-electron chi connectivity index (χ0n) is 26.6. The number of ether oxygens (including phenoxy) is 1. The normalized spacial score (nSPS) is 12.3. The van der Waals surface area contributed by atoms with Gasteiger partial charge in [-0.05, 0) is 82.9 Å². The van der Waals surface area contributed by atoms with Gasteiger partial charge in [0.05, 0.1) is 30.8 Å². The summed E-state index contributed by atoms with van der Waals surface area (Å²) in [5.74, 6) is 1.22. The molecule has 10 heteroatoms. The Balaban J connectivity index is 0.000000543. The van der Waals surface area contributed by atoms with Crippen molar-refractivity contribution in [3.63, 3.8) is 0 Å². The predicted molar refractivity (Wildman–Crippen MR) is 174 cm³/mol. The van der Waals surface area contributed by atoms with Crippen molar-refractivity contribution in [2.75, 3.05) is 31.3 Å². The molecule has 0 saturated carbocycles. The minimum Gasteiger partial charge on any atom is -0.512 e. The molecule has 0 spiro atoms. The van der Waals surface area contributed by atoms with Crippen LogP contribution < -0.4 is 26.2 Å². The number of amides is 1. The van der Waals surface area contributed by atoms with Gasteiger partial charge in [0.25, 0.3) is 11.5 Å². The van der Waals surface area contributed by atoms with Gasteiger partial charge in [0.2, 0.25) is 5.88 Å². The molecule has 0 aliphatic heterocycles. The minimum absolute atomic E-state index is 0.103. The van der Waals surface area contributed by atoms with E-state index in [2.05, 4.69) is 44.4 Å². The molecule has 0 fully saturated rings. The van der Waals surface area contributed by atoms with Crippen LogP contribution in [0.4, 0.5) is 11.4 Å². The number of H-pyrrole nitrogens is 1. The summed E-state index contributed by atoms with van der Waals surface area (Å²) in [4.78, 5) is 35.1. The molecule has 2 heterocycles. The van der Waals surface area contributed by atoms with Crippen LogP contribution in [0, 0.1) is 32.6 Å². The van der Waals surface area contributed by atoms with Gasteiger partial charge in [-0.15, -0.1) is 0 Å². The molecule has 3 aromatic rings. The lowest BCUT2D eigenvalue weighted by atomic mass is 9.83. The molecule has 2 atom stereocenters. The zero-order valence-corrected chi connectivity index (χ0v) is 26.6. The fraction of sp³-hybridized carbons (Fsp3) is 0.394. The molecule has 232 valence electrons. The molecule has 10 nitrogen and oxygen atoms in total. The lowest BCUT2D eigenvalue weighted by molar-refractivity contribution is 0.0950. The van der Waals surface area contributed by atoms with Crippen molar-refractivity contribution in [3.05, 3.63) is 99.1 Å². The topological polar surface area (TPSA) is 141 Å². The molecule has 2 aromatic heterocycles. The Hall–Kier alpha value is -4.60. The van der Waals surface area contributed by atoms with Gasteiger partial charge in [-0.2, -0.15) is 0 Å². The van der Waals surface area contributed by atoms with E-state index in [4.69, 9.17) is 4.74 Å². The number of nitrogens with zero attached hydrogens (tertiary/aromatic N) is 2. The molecule has 43 heavy (non-hydrogen) atoms. The number of carbonyl (C=O) groups excluding carboxylic acids is 1. The number of benzene rings is 1. The Morgan fingerprint density at radius 1 is 1.16 bits per heavy atom. The van der Waals surface area contributed by atoms with Gasteiger partial charge in [0.15, 0.2) is 0 Å². The van der Waals surface area contributed by atoms with Crippen molar-refractivity contribution in [1.29, 1.82) is 0 Å². The number of nitrogens with one attached hydrogen (secondary N) is 4. The van der Waals surface area contributed by atoms with Gasteiger partial charge in [0, 0.05) is 48.6 Å². The Labute approximate surface area is 254 Å². The average Bonchev–Trinajstić information content (AvgIpc) is 2.97. The summed E-state index contributed by atoms with van der Waals surface area (Å²) in [6, 6.07) is 8.76. The zero-order chi connectivity index (χ0) is 32.1. The predicted octanol–water partition coefficient (Wildman–Crippen LogP) is 5.85. The van der Waals surface area contributed by atoms with Crippen LogP contribution in [0.5, 0.6) is 5.88 Å². The third kappa shape index (κ3) is 10.3. The number of pyridine rings is 1. The minimum atomic E-state index is -0.278. The number of rotatable bonds is 12. The first-order chi connectivity index (χ1) is 20.4. The monoisotopic (exact) mass is 590 g/mol. The molecule has 0 aliphatic carbocycles. The highest BCUT2D eigenvalue weighted by atomic mass is 16.5. The quantitative estimate of drug-likeness (QED) is 0.131. The molecule has 5 N–H and O–H groups in total. The first-order valence-corrected chi connectivity index (χ1v) is 14.3. The van der Waals surface area contributed by atoms with Crippen LogP contribution in [0.15, 0.2) is 65.3 Å². The highest BCUT2D eigenvalue weighted by Gasteiger charge is 2.24. The first kappa shape index (κ1) is 34.6. The number of anilines is 2. The maximum absolute atomic E-state index is 12.6. The highest BCUT2D eigenvalue weighted by molar-refractivity contribution is 5.96. The smallest absolute Gasteiger partial charge is 0.251 e. The van der Waals surface area contributed by atoms with Crippen LogP contribution in [-0.2, 0) is 6.54 Å². The van der Waals surface area contributed by atoms with E-state index in [0.717, 1.165) is 28.9 Å². The Bertz CT molecular complexity index is 1480. The number of aliphatic hydroxyl groups excluding tert-OH is 1. The summed E-state index contributed by atoms with van der Waals surface area (Å²) in [5, 5.41) is 19.8. The molecule has 0 radical (unpaired) electrons. The standard InChI is InChI=1S/C25H35N5O3.C8H11NO/c1-7-18(15(3)4)19(22(31)8-2)13-27-20-10-9-17(12-21(20)26-6)25(33)28-14-23-29-16(5)11-24(32)30-23;1-6-4-7(2)8(10-3)9-5-6/h8-12,18-19,26-27,31H,3,7,13-14H2,1-2,4-6H3,(H,28,33)(H,29,30,32);4-5H,1-3H3/b22-8+;. The fourth-order valence-corrected chi connectivity index (χ4v) is 4.82. The molecule has 1 amide bonds. The first-order valence-electron chi connectivity index (χ1n) is 14.3. The summed E-state index contributed by atoms with van der Waals surface area (Å²) < 4.78 is 4.99. The largest absolute Gasteiger partial charge is 0.512 e. The van der Waals surface area contributed by atoms with Crippen LogP contribution in [-0.4, -0.2) is 46.7 Å². The van der Waals surface area contributed by atoms with Gasteiger partial charge in [-0.3, -0.25) is 9.59 Å². The van der Waals surface area contributed by atoms with Gasteiger partial charge >= 0.3 is 0 Å². The fourth-order valence-electron chi connectivity index (χ4n) is 4.82. The van der Waals surface area contributed by atoms with Crippen molar-refractivity contribution >= 4 is 17.3 Å². The van der Waals surface area contributed by atoms with E-state index >= 15 is 0 Å². The number of aryl methyl sites for hydroxylation is 3. The molecule has 2 unspecified atom stereocenters.